The monoisotopic (exact) mass is 226 g/mol. The molecule has 2 heterocycles. The van der Waals surface area contributed by atoms with E-state index < -0.39 is 0 Å². The standard InChI is InChI=1S/C11H18N2OS/c1-8(2)11-13-7-10(15-11)14-9-3-5-12-6-4-9/h7-9,12H,3-6H2,1-2H3. The van der Waals surface area contributed by atoms with E-state index in [1.54, 1.807) is 11.3 Å². The molecule has 0 saturated carbocycles. The molecule has 15 heavy (non-hydrogen) atoms. The summed E-state index contributed by atoms with van der Waals surface area (Å²) in [6.07, 6.45) is 4.46. The van der Waals surface area contributed by atoms with E-state index >= 15 is 0 Å². The van der Waals surface area contributed by atoms with Crippen LogP contribution >= 0.6 is 11.3 Å². The van der Waals surface area contributed by atoms with Crippen LogP contribution in [0.15, 0.2) is 6.20 Å². The molecule has 1 aliphatic rings. The Labute approximate surface area is 94.9 Å². The Morgan fingerprint density at radius 3 is 2.80 bits per heavy atom. The largest absolute Gasteiger partial charge is 0.479 e. The van der Waals surface area contributed by atoms with Crippen molar-refractivity contribution in [1.82, 2.24) is 10.3 Å². The molecule has 0 unspecified atom stereocenters. The van der Waals surface area contributed by atoms with Crippen LogP contribution in [0.1, 0.15) is 37.6 Å². The molecule has 0 aromatic carbocycles. The van der Waals surface area contributed by atoms with Gasteiger partial charge in [-0.1, -0.05) is 25.2 Å². The van der Waals surface area contributed by atoms with Crippen molar-refractivity contribution in [2.45, 2.75) is 38.7 Å². The van der Waals surface area contributed by atoms with Crippen molar-refractivity contribution < 1.29 is 4.74 Å². The molecule has 1 fully saturated rings. The Morgan fingerprint density at radius 1 is 1.47 bits per heavy atom. The van der Waals surface area contributed by atoms with Gasteiger partial charge < -0.3 is 10.1 Å². The molecule has 1 aliphatic heterocycles. The fourth-order valence-corrected chi connectivity index (χ4v) is 2.51. The molecule has 0 radical (unpaired) electrons. The van der Waals surface area contributed by atoms with Gasteiger partial charge in [-0.05, 0) is 25.9 Å². The lowest BCUT2D eigenvalue weighted by atomic mass is 10.1. The average Bonchev–Trinajstić information content (AvgIpc) is 2.68. The summed E-state index contributed by atoms with van der Waals surface area (Å²) in [5, 5.41) is 5.47. The fraction of sp³-hybridized carbons (Fsp3) is 0.727. The second kappa shape index (κ2) is 4.94. The normalized spacial score (nSPS) is 18.3. The van der Waals surface area contributed by atoms with Crippen molar-refractivity contribution in [2.24, 2.45) is 0 Å². The third kappa shape index (κ3) is 2.92. The summed E-state index contributed by atoms with van der Waals surface area (Å²) in [5.41, 5.74) is 0. The zero-order valence-electron chi connectivity index (χ0n) is 9.32. The van der Waals surface area contributed by atoms with Gasteiger partial charge in [-0.25, -0.2) is 4.98 Å². The fourth-order valence-electron chi connectivity index (χ4n) is 1.67. The summed E-state index contributed by atoms with van der Waals surface area (Å²) < 4.78 is 5.90. The van der Waals surface area contributed by atoms with Gasteiger partial charge in [0.15, 0.2) is 5.06 Å². The minimum absolute atomic E-state index is 0.381. The van der Waals surface area contributed by atoms with E-state index in [2.05, 4.69) is 24.1 Å². The highest BCUT2D eigenvalue weighted by Crippen LogP contribution is 2.28. The Bertz CT molecular complexity index is 305. The van der Waals surface area contributed by atoms with Crippen molar-refractivity contribution in [3.63, 3.8) is 0 Å². The number of rotatable bonds is 3. The highest BCUT2D eigenvalue weighted by atomic mass is 32.1. The van der Waals surface area contributed by atoms with E-state index in [4.69, 9.17) is 4.74 Å². The number of nitrogens with one attached hydrogen (secondary N) is 1. The number of ether oxygens (including phenoxy) is 1. The van der Waals surface area contributed by atoms with Crippen molar-refractivity contribution in [2.75, 3.05) is 13.1 Å². The van der Waals surface area contributed by atoms with Gasteiger partial charge in [-0.2, -0.15) is 0 Å². The van der Waals surface area contributed by atoms with E-state index in [0.29, 0.717) is 12.0 Å². The molecule has 84 valence electrons. The summed E-state index contributed by atoms with van der Waals surface area (Å²) in [6.45, 7) is 6.46. The summed E-state index contributed by atoms with van der Waals surface area (Å²) in [4.78, 5) is 4.36. The first-order valence-corrected chi connectivity index (χ1v) is 6.40. The van der Waals surface area contributed by atoms with E-state index in [1.807, 2.05) is 6.20 Å². The Kier molecular flexibility index (Phi) is 3.59. The van der Waals surface area contributed by atoms with E-state index in [9.17, 15) is 0 Å². The number of hydrogen-bond donors (Lipinski definition) is 1. The number of thiazole rings is 1. The average molecular weight is 226 g/mol. The summed E-state index contributed by atoms with van der Waals surface area (Å²) in [7, 11) is 0. The van der Waals surface area contributed by atoms with Gasteiger partial charge in [0, 0.05) is 5.92 Å². The van der Waals surface area contributed by atoms with Crippen LogP contribution in [-0.4, -0.2) is 24.2 Å². The second-order valence-corrected chi connectivity index (χ2v) is 5.26. The van der Waals surface area contributed by atoms with Gasteiger partial charge in [-0.3, -0.25) is 0 Å². The SMILES string of the molecule is CC(C)c1ncc(OC2CCNCC2)s1. The first-order valence-electron chi connectivity index (χ1n) is 5.59. The maximum Gasteiger partial charge on any atom is 0.194 e. The van der Waals surface area contributed by atoms with Gasteiger partial charge in [-0.15, -0.1) is 0 Å². The Morgan fingerprint density at radius 2 is 2.20 bits per heavy atom. The lowest BCUT2D eigenvalue weighted by Gasteiger charge is -2.22. The zero-order valence-corrected chi connectivity index (χ0v) is 10.1. The lowest BCUT2D eigenvalue weighted by Crippen LogP contribution is -2.33. The predicted molar refractivity (Wildman–Crippen MR) is 62.7 cm³/mol. The molecule has 3 nitrogen and oxygen atoms in total. The van der Waals surface area contributed by atoms with Crippen LogP contribution in [0.25, 0.3) is 0 Å². The first-order chi connectivity index (χ1) is 7.25. The molecule has 1 aromatic rings. The van der Waals surface area contributed by atoms with Crippen LogP contribution in [0.2, 0.25) is 0 Å². The van der Waals surface area contributed by atoms with Crippen molar-refractivity contribution in [3.05, 3.63) is 11.2 Å². The molecule has 4 heteroatoms. The Hall–Kier alpha value is -0.610. The van der Waals surface area contributed by atoms with Crippen molar-refractivity contribution in [1.29, 1.82) is 0 Å². The molecule has 1 aromatic heterocycles. The topological polar surface area (TPSA) is 34.1 Å². The van der Waals surface area contributed by atoms with Gasteiger partial charge >= 0.3 is 0 Å². The number of nitrogens with zero attached hydrogens (tertiary/aromatic N) is 1. The molecule has 2 rings (SSSR count). The first kappa shape index (κ1) is 10.9. The van der Waals surface area contributed by atoms with E-state index in [-0.39, 0.29) is 0 Å². The third-order valence-electron chi connectivity index (χ3n) is 2.57. The highest BCUT2D eigenvalue weighted by Gasteiger charge is 2.16. The molecule has 0 spiro atoms. The maximum atomic E-state index is 5.90. The number of aromatic nitrogens is 1. The lowest BCUT2D eigenvalue weighted by molar-refractivity contribution is 0.167. The van der Waals surface area contributed by atoms with Crippen LogP contribution < -0.4 is 10.1 Å². The van der Waals surface area contributed by atoms with Crippen LogP contribution in [0.3, 0.4) is 0 Å². The molecule has 1 N–H and O–H groups in total. The maximum absolute atomic E-state index is 5.90. The van der Waals surface area contributed by atoms with Gasteiger partial charge in [0.1, 0.15) is 6.10 Å². The third-order valence-corrected chi connectivity index (χ3v) is 3.75. The molecule has 0 amide bonds. The molecule has 0 atom stereocenters. The quantitative estimate of drug-likeness (QED) is 0.859. The minimum atomic E-state index is 0.381. The van der Waals surface area contributed by atoms with Crippen molar-refractivity contribution >= 4 is 11.3 Å². The highest BCUT2D eigenvalue weighted by molar-refractivity contribution is 7.13. The van der Waals surface area contributed by atoms with Gasteiger partial charge in [0.2, 0.25) is 0 Å². The smallest absolute Gasteiger partial charge is 0.194 e. The predicted octanol–water partition coefficient (Wildman–Crippen LogP) is 2.40. The second-order valence-electron chi connectivity index (χ2n) is 4.24. The molecular weight excluding hydrogens is 208 g/mol. The number of piperidine rings is 1. The minimum Gasteiger partial charge on any atom is -0.479 e. The Balaban J connectivity index is 1.91. The summed E-state index contributed by atoms with van der Waals surface area (Å²) >= 11 is 1.68. The van der Waals surface area contributed by atoms with Gasteiger partial charge in [0.05, 0.1) is 11.2 Å². The molecular formula is C11H18N2OS. The summed E-state index contributed by atoms with van der Waals surface area (Å²) in [6, 6.07) is 0. The van der Waals surface area contributed by atoms with Crippen LogP contribution in [0.4, 0.5) is 0 Å². The summed E-state index contributed by atoms with van der Waals surface area (Å²) in [5.74, 6) is 0.500. The van der Waals surface area contributed by atoms with Crippen LogP contribution in [0, 0.1) is 0 Å². The van der Waals surface area contributed by atoms with Crippen LogP contribution in [0.5, 0.6) is 5.06 Å². The van der Waals surface area contributed by atoms with Crippen molar-refractivity contribution in [3.8, 4) is 5.06 Å². The van der Waals surface area contributed by atoms with Gasteiger partial charge in [0.25, 0.3) is 0 Å². The molecule has 0 bridgehead atoms. The zero-order chi connectivity index (χ0) is 10.7. The van der Waals surface area contributed by atoms with E-state index in [0.717, 1.165) is 31.0 Å². The van der Waals surface area contributed by atoms with E-state index in [1.165, 1.54) is 5.01 Å². The molecule has 1 saturated heterocycles. The molecule has 0 aliphatic carbocycles. The number of hydrogen-bond acceptors (Lipinski definition) is 4. The van der Waals surface area contributed by atoms with Crippen LogP contribution in [-0.2, 0) is 0 Å².